The van der Waals surface area contributed by atoms with Crippen LogP contribution in [0.5, 0.6) is 0 Å². The van der Waals surface area contributed by atoms with E-state index in [-0.39, 0.29) is 6.42 Å². The molecule has 1 rings (SSSR count). The Hall–Kier alpha value is -0.510. The molecule has 0 spiro atoms. The Labute approximate surface area is 63.5 Å². The summed E-state index contributed by atoms with van der Waals surface area (Å²) in [5, 5.41) is 0. The van der Waals surface area contributed by atoms with Gasteiger partial charge in [-0.05, 0) is 19.8 Å². The highest BCUT2D eigenvalue weighted by Crippen LogP contribution is 2.34. The third-order valence-electron chi connectivity index (χ3n) is 1.96. The van der Waals surface area contributed by atoms with Gasteiger partial charge in [-0.3, -0.25) is 0 Å². The van der Waals surface area contributed by atoms with E-state index in [0.717, 1.165) is 0 Å². The van der Waals surface area contributed by atoms with E-state index in [2.05, 4.69) is 0 Å². The number of halogens is 2. The maximum atomic E-state index is 12.2. The summed E-state index contributed by atoms with van der Waals surface area (Å²) in [4.78, 5) is 10.1. The predicted octanol–water partition coefficient (Wildman–Crippen LogP) is 1.39. The monoisotopic (exact) mass is 164 g/mol. The van der Waals surface area contributed by atoms with Crippen molar-refractivity contribution in [2.45, 2.75) is 37.9 Å². The van der Waals surface area contributed by atoms with E-state index in [0.29, 0.717) is 12.7 Å². The van der Waals surface area contributed by atoms with Gasteiger partial charge in [0.25, 0.3) is 6.43 Å². The molecule has 11 heavy (non-hydrogen) atoms. The molecule has 1 saturated heterocycles. The van der Waals surface area contributed by atoms with Crippen molar-refractivity contribution in [2.75, 3.05) is 0 Å². The summed E-state index contributed by atoms with van der Waals surface area (Å²) < 4.78 is 29.2. The summed E-state index contributed by atoms with van der Waals surface area (Å²) in [5.41, 5.74) is -1.40. The van der Waals surface area contributed by atoms with Crippen molar-refractivity contribution in [3.63, 3.8) is 0 Å². The first-order chi connectivity index (χ1) is 5.08. The van der Waals surface area contributed by atoms with E-state index in [1.54, 1.807) is 0 Å². The van der Waals surface area contributed by atoms with Gasteiger partial charge in [0.1, 0.15) is 18.0 Å². The van der Waals surface area contributed by atoms with Crippen LogP contribution >= 0.6 is 0 Å². The minimum Gasteiger partial charge on any atom is -0.359 e. The molecule has 0 aromatic carbocycles. The Morgan fingerprint density at radius 3 is 2.64 bits per heavy atom. The smallest absolute Gasteiger partial charge is 0.266 e. The van der Waals surface area contributed by atoms with Gasteiger partial charge in [-0.15, -0.1) is 0 Å². The molecule has 1 aliphatic rings. The van der Waals surface area contributed by atoms with Gasteiger partial charge >= 0.3 is 0 Å². The fourth-order valence-electron chi connectivity index (χ4n) is 1.15. The first-order valence-electron chi connectivity index (χ1n) is 3.50. The van der Waals surface area contributed by atoms with Crippen LogP contribution in [0.1, 0.15) is 19.8 Å². The van der Waals surface area contributed by atoms with Crippen LogP contribution in [-0.2, 0) is 9.53 Å². The van der Waals surface area contributed by atoms with Crippen molar-refractivity contribution in [2.24, 2.45) is 0 Å². The van der Waals surface area contributed by atoms with Crippen molar-refractivity contribution in [3.05, 3.63) is 0 Å². The third kappa shape index (κ3) is 1.56. The fourth-order valence-corrected chi connectivity index (χ4v) is 1.15. The summed E-state index contributed by atoms with van der Waals surface area (Å²) in [6, 6.07) is 0. The number of carbonyl (C=O) groups excluding carboxylic acids is 1. The van der Waals surface area contributed by atoms with Gasteiger partial charge in [-0.1, -0.05) is 0 Å². The van der Waals surface area contributed by atoms with Gasteiger partial charge < -0.3 is 9.53 Å². The lowest BCUT2D eigenvalue weighted by Gasteiger charge is -2.22. The summed E-state index contributed by atoms with van der Waals surface area (Å²) >= 11 is 0. The molecule has 2 nitrogen and oxygen atoms in total. The third-order valence-corrected chi connectivity index (χ3v) is 1.96. The van der Waals surface area contributed by atoms with Crippen LogP contribution < -0.4 is 0 Å². The van der Waals surface area contributed by atoms with Crippen molar-refractivity contribution < 1.29 is 18.3 Å². The van der Waals surface area contributed by atoms with E-state index in [1.807, 2.05) is 0 Å². The fraction of sp³-hybridized carbons (Fsp3) is 0.857. The Morgan fingerprint density at radius 1 is 1.73 bits per heavy atom. The number of carbonyl (C=O) groups is 1. The summed E-state index contributed by atoms with van der Waals surface area (Å²) in [6.07, 6.45) is -1.90. The first-order valence-corrected chi connectivity index (χ1v) is 3.50. The number of hydrogen-bond acceptors (Lipinski definition) is 2. The summed E-state index contributed by atoms with van der Waals surface area (Å²) in [5.74, 6) is 0. The van der Waals surface area contributed by atoms with Gasteiger partial charge in [0.15, 0.2) is 0 Å². The van der Waals surface area contributed by atoms with Gasteiger partial charge in [0, 0.05) is 0 Å². The molecular formula is C7H10F2O2. The Bertz CT molecular complexity index is 161. The second-order valence-electron chi connectivity index (χ2n) is 2.94. The number of hydrogen-bond donors (Lipinski definition) is 0. The van der Waals surface area contributed by atoms with E-state index < -0.39 is 18.1 Å². The lowest BCUT2D eigenvalue weighted by atomic mass is 10.0. The van der Waals surface area contributed by atoms with Crippen molar-refractivity contribution >= 4 is 6.29 Å². The molecule has 0 N–H and O–H groups in total. The topological polar surface area (TPSA) is 26.3 Å². The van der Waals surface area contributed by atoms with Gasteiger partial charge in [0.2, 0.25) is 0 Å². The van der Waals surface area contributed by atoms with Crippen LogP contribution in [0.2, 0.25) is 0 Å². The lowest BCUT2D eigenvalue weighted by molar-refractivity contribution is -0.138. The molecule has 0 aliphatic carbocycles. The van der Waals surface area contributed by atoms with Crippen LogP contribution in [0, 0.1) is 0 Å². The zero-order chi connectivity index (χ0) is 8.48. The van der Waals surface area contributed by atoms with Crippen LogP contribution in [0.4, 0.5) is 8.78 Å². The quantitative estimate of drug-likeness (QED) is 0.576. The second-order valence-corrected chi connectivity index (χ2v) is 2.94. The van der Waals surface area contributed by atoms with E-state index in [9.17, 15) is 13.6 Å². The molecule has 0 radical (unpaired) electrons. The van der Waals surface area contributed by atoms with Gasteiger partial charge in [-0.2, -0.15) is 0 Å². The Kier molecular flexibility index (Phi) is 2.23. The molecule has 1 aliphatic heterocycles. The molecule has 0 saturated carbocycles. The molecule has 0 bridgehead atoms. The second kappa shape index (κ2) is 2.85. The average molecular weight is 164 g/mol. The molecule has 0 aromatic rings. The molecule has 0 amide bonds. The number of aldehydes is 1. The molecular weight excluding hydrogens is 154 g/mol. The predicted molar refractivity (Wildman–Crippen MR) is 34.6 cm³/mol. The number of alkyl halides is 2. The zero-order valence-corrected chi connectivity index (χ0v) is 6.22. The number of rotatable bonds is 2. The SMILES string of the molecule is CC1(C(F)F)CCC(C=O)O1. The van der Waals surface area contributed by atoms with Crippen molar-refractivity contribution in [3.8, 4) is 0 Å². The van der Waals surface area contributed by atoms with Crippen molar-refractivity contribution in [1.29, 1.82) is 0 Å². The summed E-state index contributed by atoms with van der Waals surface area (Å²) in [6.45, 7) is 1.33. The largest absolute Gasteiger partial charge is 0.359 e. The molecule has 0 aromatic heterocycles. The molecule has 64 valence electrons. The molecule has 1 heterocycles. The average Bonchev–Trinajstić information content (AvgIpc) is 2.33. The summed E-state index contributed by atoms with van der Waals surface area (Å²) in [7, 11) is 0. The highest BCUT2D eigenvalue weighted by molar-refractivity contribution is 5.56. The minimum absolute atomic E-state index is 0.258. The molecule has 2 unspecified atom stereocenters. The first kappa shape index (κ1) is 8.59. The standard InChI is InChI=1S/C7H10F2O2/c1-7(6(8)9)3-2-5(4-10)11-7/h4-6H,2-3H2,1H3. The Balaban J connectivity index is 2.57. The van der Waals surface area contributed by atoms with Crippen LogP contribution in [0.15, 0.2) is 0 Å². The Morgan fingerprint density at radius 2 is 2.36 bits per heavy atom. The van der Waals surface area contributed by atoms with Crippen LogP contribution in [0.25, 0.3) is 0 Å². The highest BCUT2D eigenvalue weighted by atomic mass is 19.3. The lowest BCUT2D eigenvalue weighted by Crippen LogP contribution is -2.33. The zero-order valence-electron chi connectivity index (χ0n) is 6.22. The highest BCUT2D eigenvalue weighted by Gasteiger charge is 2.43. The van der Waals surface area contributed by atoms with Gasteiger partial charge in [0.05, 0.1) is 0 Å². The normalized spacial score (nSPS) is 38.0. The molecule has 2 atom stereocenters. The van der Waals surface area contributed by atoms with Crippen LogP contribution in [0.3, 0.4) is 0 Å². The number of ether oxygens (including phenoxy) is 1. The van der Waals surface area contributed by atoms with Gasteiger partial charge in [-0.25, -0.2) is 8.78 Å². The minimum atomic E-state index is -2.51. The maximum Gasteiger partial charge on any atom is 0.266 e. The molecule has 1 fully saturated rings. The maximum absolute atomic E-state index is 12.2. The molecule has 4 heteroatoms. The van der Waals surface area contributed by atoms with E-state index in [1.165, 1.54) is 6.92 Å². The van der Waals surface area contributed by atoms with E-state index in [4.69, 9.17) is 4.74 Å². The van der Waals surface area contributed by atoms with Crippen LogP contribution in [-0.4, -0.2) is 24.4 Å². The van der Waals surface area contributed by atoms with Crippen molar-refractivity contribution in [1.82, 2.24) is 0 Å². The van der Waals surface area contributed by atoms with E-state index >= 15 is 0 Å².